The van der Waals surface area contributed by atoms with Gasteiger partial charge in [-0.3, -0.25) is 9.89 Å². The Morgan fingerprint density at radius 3 is 2.66 bits per heavy atom. The summed E-state index contributed by atoms with van der Waals surface area (Å²) in [7, 11) is 1.61. The van der Waals surface area contributed by atoms with E-state index < -0.39 is 0 Å². The van der Waals surface area contributed by atoms with Crippen molar-refractivity contribution in [3.8, 4) is 17.1 Å². The van der Waals surface area contributed by atoms with Gasteiger partial charge in [-0.05, 0) is 54.1 Å². The predicted octanol–water partition coefficient (Wildman–Crippen LogP) is 4.75. The number of aromatic amines is 1. The smallest absolute Gasteiger partial charge is 0.221 e. The Labute approximate surface area is 188 Å². The van der Waals surface area contributed by atoms with Crippen LogP contribution < -0.4 is 10.1 Å². The number of hydrogen-bond donors (Lipinski definition) is 2. The third-order valence-electron chi connectivity index (χ3n) is 4.73. The summed E-state index contributed by atoms with van der Waals surface area (Å²) in [4.78, 5) is 17.1. The van der Waals surface area contributed by atoms with E-state index in [4.69, 9.17) is 9.15 Å². The van der Waals surface area contributed by atoms with Gasteiger partial charge in [0.2, 0.25) is 11.1 Å². The maximum atomic E-state index is 13.2. The molecule has 0 aliphatic heterocycles. The molecule has 0 saturated heterocycles. The van der Waals surface area contributed by atoms with Crippen molar-refractivity contribution in [1.29, 1.82) is 0 Å². The second-order valence-electron chi connectivity index (χ2n) is 6.91. The van der Waals surface area contributed by atoms with Crippen LogP contribution in [-0.4, -0.2) is 28.2 Å². The normalized spacial score (nSPS) is 11.8. The van der Waals surface area contributed by atoms with Crippen LogP contribution in [0.4, 0.5) is 4.39 Å². The Kier molecular flexibility index (Phi) is 6.86. The van der Waals surface area contributed by atoms with E-state index >= 15 is 0 Å². The first kappa shape index (κ1) is 21.6. The fourth-order valence-corrected chi connectivity index (χ4v) is 4.07. The molecule has 0 radical (unpaired) electrons. The molecule has 9 heteroatoms. The van der Waals surface area contributed by atoms with Crippen molar-refractivity contribution in [2.75, 3.05) is 7.11 Å². The summed E-state index contributed by atoms with van der Waals surface area (Å²) >= 11 is 1.37. The summed E-state index contributed by atoms with van der Waals surface area (Å²) in [6, 6.07) is 17.1. The molecule has 2 aromatic carbocycles. The predicted molar refractivity (Wildman–Crippen MR) is 119 cm³/mol. The van der Waals surface area contributed by atoms with Gasteiger partial charge >= 0.3 is 0 Å². The quantitative estimate of drug-likeness (QED) is 0.356. The monoisotopic (exact) mass is 452 g/mol. The molecular formula is C23H21FN4O3S. The van der Waals surface area contributed by atoms with E-state index in [2.05, 4.69) is 20.5 Å². The molecule has 4 aromatic rings. The molecule has 1 atom stereocenters. The van der Waals surface area contributed by atoms with E-state index in [1.54, 1.807) is 37.6 Å². The van der Waals surface area contributed by atoms with Crippen LogP contribution in [0.2, 0.25) is 0 Å². The number of carbonyl (C=O) groups excluding carboxylic acids is 1. The van der Waals surface area contributed by atoms with E-state index in [1.807, 2.05) is 24.3 Å². The molecule has 2 aromatic heterocycles. The number of thioether (sulfide) groups is 1. The van der Waals surface area contributed by atoms with Crippen molar-refractivity contribution >= 4 is 17.7 Å². The van der Waals surface area contributed by atoms with Crippen molar-refractivity contribution in [2.24, 2.45) is 0 Å². The zero-order valence-electron chi connectivity index (χ0n) is 17.2. The van der Waals surface area contributed by atoms with Crippen molar-refractivity contribution in [2.45, 2.75) is 23.4 Å². The number of rotatable bonds is 9. The highest BCUT2D eigenvalue weighted by molar-refractivity contribution is 7.99. The lowest BCUT2D eigenvalue weighted by Crippen LogP contribution is -2.23. The zero-order valence-corrected chi connectivity index (χ0v) is 18.1. The summed E-state index contributed by atoms with van der Waals surface area (Å²) in [5.41, 5.74) is 1.67. The average Bonchev–Trinajstić information content (AvgIpc) is 3.50. The second kappa shape index (κ2) is 10.1. The summed E-state index contributed by atoms with van der Waals surface area (Å²) < 4.78 is 23.7. The Morgan fingerprint density at radius 2 is 1.97 bits per heavy atom. The zero-order chi connectivity index (χ0) is 22.3. The van der Waals surface area contributed by atoms with Crippen molar-refractivity contribution in [3.63, 3.8) is 0 Å². The molecule has 0 saturated carbocycles. The molecule has 0 fully saturated rings. The first-order chi connectivity index (χ1) is 15.6. The van der Waals surface area contributed by atoms with E-state index in [9.17, 15) is 9.18 Å². The van der Waals surface area contributed by atoms with Gasteiger partial charge in [0.05, 0.1) is 19.9 Å². The largest absolute Gasteiger partial charge is 0.497 e. The van der Waals surface area contributed by atoms with E-state index in [-0.39, 0.29) is 23.4 Å². The van der Waals surface area contributed by atoms with Gasteiger partial charge in [-0.15, -0.1) is 5.10 Å². The Balaban J connectivity index is 1.49. The molecule has 0 spiro atoms. The number of carbonyl (C=O) groups is 1. The van der Waals surface area contributed by atoms with E-state index in [1.165, 1.54) is 23.9 Å². The number of amides is 1. The third-order valence-corrected chi connectivity index (χ3v) is 5.85. The van der Waals surface area contributed by atoms with Gasteiger partial charge in [-0.1, -0.05) is 23.9 Å². The Hall–Kier alpha value is -3.59. The van der Waals surface area contributed by atoms with Gasteiger partial charge in [0, 0.05) is 17.2 Å². The molecule has 0 bridgehead atoms. The summed E-state index contributed by atoms with van der Waals surface area (Å²) in [5, 5.41) is 10.3. The molecule has 0 unspecified atom stereocenters. The maximum absolute atomic E-state index is 13.2. The standard InChI is InChI=1S/C23H21FN4O3S/c1-30-18-10-6-15(7-11-18)20(13-21(29)25-14-19-3-2-12-31-19)32-23-26-22(27-28-23)16-4-8-17(24)9-5-16/h2-12,20H,13-14H2,1H3,(H,25,29)(H,26,27,28)/t20-/m0/s1. The minimum absolute atomic E-state index is 0.121. The third kappa shape index (κ3) is 5.55. The van der Waals surface area contributed by atoms with Crippen LogP contribution >= 0.6 is 11.8 Å². The molecule has 4 rings (SSSR count). The van der Waals surface area contributed by atoms with Gasteiger partial charge in [0.15, 0.2) is 5.82 Å². The molecule has 7 nitrogen and oxygen atoms in total. The number of nitrogens with zero attached hydrogens (tertiary/aromatic N) is 2. The number of methoxy groups -OCH3 is 1. The first-order valence-corrected chi connectivity index (χ1v) is 10.8. The molecule has 0 aliphatic carbocycles. The number of hydrogen-bond acceptors (Lipinski definition) is 6. The molecular weight excluding hydrogens is 431 g/mol. The van der Waals surface area contributed by atoms with Crippen LogP contribution in [0.25, 0.3) is 11.4 Å². The van der Waals surface area contributed by atoms with Crippen LogP contribution in [0.15, 0.2) is 76.5 Å². The van der Waals surface area contributed by atoms with Crippen molar-refractivity contribution in [1.82, 2.24) is 20.5 Å². The van der Waals surface area contributed by atoms with Gasteiger partial charge < -0.3 is 14.5 Å². The van der Waals surface area contributed by atoms with Crippen molar-refractivity contribution in [3.05, 3.63) is 84.1 Å². The molecule has 164 valence electrons. The van der Waals surface area contributed by atoms with Crippen LogP contribution in [0.5, 0.6) is 5.75 Å². The van der Waals surface area contributed by atoms with Gasteiger partial charge in [-0.2, -0.15) is 0 Å². The fraction of sp³-hybridized carbons (Fsp3) is 0.174. The second-order valence-corrected chi connectivity index (χ2v) is 8.08. The fourth-order valence-electron chi connectivity index (χ4n) is 3.05. The highest BCUT2D eigenvalue weighted by Crippen LogP contribution is 2.37. The Morgan fingerprint density at radius 1 is 1.19 bits per heavy atom. The van der Waals surface area contributed by atoms with Crippen LogP contribution in [-0.2, 0) is 11.3 Å². The highest BCUT2D eigenvalue weighted by atomic mass is 32.2. The van der Waals surface area contributed by atoms with Crippen LogP contribution in [0.3, 0.4) is 0 Å². The van der Waals surface area contributed by atoms with Gasteiger partial charge in [0.1, 0.15) is 17.3 Å². The van der Waals surface area contributed by atoms with Crippen LogP contribution in [0, 0.1) is 5.82 Å². The van der Waals surface area contributed by atoms with Crippen molar-refractivity contribution < 1.29 is 18.3 Å². The summed E-state index contributed by atoms with van der Waals surface area (Å²) in [5.74, 6) is 1.51. The minimum Gasteiger partial charge on any atom is -0.497 e. The minimum atomic E-state index is -0.317. The summed E-state index contributed by atoms with van der Waals surface area (Å²) in [6.45, 7) is 0.321. The SMILES string of the molecule is COc1ccc([C@H](CC(=O)NCc2ccco2)Sc2n[nH]c(-c3ccc(F)cc3)n2)cc1. The lowest BCUT2D eigenvalue weighted by Gasteiger charge is -2.15. The number of furan rings is 1. The lowest BCUT2D eigenvalue weighted by molar-refractivity contribution is -0.121. The molecule has 0 aliphatic rings. The molecule has 2 N–H and O–H groups in total. The van der Waals surface area contributed by atoms with E-state index in [0.717, 1.165) is 16.9 Å². The molecule has 1 amide bonds. The number of ether oxygens (including phenoxy) is 1. The topological polar surface area (TPSA) is 93.0 Å². The molecule has 2 heterocycles. The number of nitrogens with one attached hydrogen (secondary N) is 2. The Bertz CT molecular complexity index is 1140. The average molecular weight is 453 g/mol. The highest BCUT2D eigenvalue weighted by Gasteiger charge is 2.20. The maximum Gasteiger partial charge on any atom is 0.221 e. The number of aromatic nitrogens is 3. The molecule has 32 heavy (non-hydrogen) atoms. The number of benzene rings is 2. The van der Waals surface area contributed by atoms with Gasteiger partial charge in [0.25, 0.3) is 0 Å². The number of halogens is 1. The lowest BCUT2D eigenvalue weighted by atomic mass is 10.1. The van der Waals surface area contributed by atoms with Gasteiger partial charge in [-0.25, -0.2) is 9.37 Å². The summed E-state index contributed by atoms with van der Waals surface area (Å²) in [6.07, 6.45) is 1.79. The number of H-pyrrole nitrogens is 1. The first-order valence-electron chi connectivity index (χ1n) is 9.89. The van der Waals surface area contributed by atoms with Crippen LogP contribution in [0.1, 0.15) is 23.0 Å². The van der Waals surface area contributed by atoms with E-state index in [0.29, 0.717) is 23.3 Å².